The standard InChI is InChI=1S/C28H29F5N6O4S.ClH/c1-38(24-18-10-17(12-28(31,32)33)44-25(18)36-27(35-24)43-3)19-8-16(9-20(19)40)34-13-14-4-6-15(7-5-14)23-21(42-2)11-22(41)39(37-23)26(29)30;/h4-7,10-11,16,19-20,26,34,40H,8-9,12-13H2,1-3H3;1H/t16-,19+,20-;/m1./s1. The van der Waals surface area contributed by atoms with Gasteiger partial charge in [0.2, 0.25) is 0 Å². The number of ether oxygens (including phenoxy) is 2. The van der Waals surface area contributed by atoms with E-state index >= 15 is 0 Å². The van der Waals surface area contributed by atoms with Crippen molar-refractivity contribution in [3.05, 3.63) is 57.2 Å². The van der Waals surface area contributed by atoms with Crippen LogP contribution in [0.2, 0.25) is 0 Å². The number of likely N-dealkylation sites (N-methyl/N-ethyl adjacent to an activating group) is 1. The summed E-state index contributed by atoms with van der Waals surface area (Å²) in [4.78, 5) is 22.7. The first-order valence-electron chi connectivity index (χ1n) is 13.5. The van der Waals surface area contributed by atoms with Crippen LogP contribution in [0, 0.1) is 0 Å². The van der Waals surface area contributed by atoms with E-state index in [1.807, 2.05) is 0 Å². The summed E-state index contributed by atoms with van der Waals surface area (Å²) in [6.45, 7) is -2.66. The Bertz CT molecular complexity index is 1690. The highest BCUT2D eigenvalue weighted by Gasteiger charge is 2.37. The van der Waals surface area contributed by atoms with E-state index in [9.17, 15) is 31.9 Å². The number of methoxy groups -OCH3 is 2. The molecule has 3 aromatic heterocycles. The summed E-state index contributed by atoms with van der Waals surface area (Å²) < 4.78 is 76.0. The summed E-state index contributed by atoms with van der Waals surface area (Å²) in [6, 6.07) is 8.89. The summed E-state index contributed by atoms with van der Waals surface area (Å²) in [7, 11) is 4.43. The summed E-state index contributed by atoms with van der Waals surface area (Å²) >= 11 is 0.927. The number of thiophene rings is 1. The van der Waals surface area contributed by atoms with Gasteiger partial charge in [0, 0.05) is 36.1 Å². The van der Waals surface area contributed by atoms with Gasteiger partial charge in [-0.25, -0.2) is 0 Å². The van der Waals surface area contributed by atoms with E-state index in [0.717, 1.165) is 23.0 Å². The zero-order valence-corrected chi connectivity index (χ0v) is 25.8. The van der Waals surface area contributed by atoms with Gasteiger partial charge < -0.3 is 24.8 Å². The molecule has 2 N–H and O–H groups in total. The summed E-state index contributed by atoms with van der Waals surface area (Å²) in [5.41, 5.74) is 0.479. The van der Waals surface area contributed by atoms with Crippen LogP contribution in [0.15, 0.2) is 41.2 Å². The fourth-order valence-corrected chi connectivity index (χ4v) is 6.35. The zero-order valence-electron chi connectivity index (χ0n) is 24.2. The van der Waals surface area contributed by atoms with Gasteiger partial charge in [-0.15, -0.1) is 23.7 Å². The Morgan fingerprint density at radius 2 is 1.84 bits per heavy atom. The van der Waals surface area contributed by atoms with E-state index in [1.54, 1.807) is 36.2 Å². The van der Waals surface area contributed by atoms with Crippen molar-refractivity contribution in [3.63, 3.8) is 0 Å². The lowest BCUT2D eigenvalue weighted by molar-refractivity contribution is -0.126. The fraction of sp³-hybridized carbons (Fsp3) is 0.429. The lowest BCUT2D eigenvalue weighted by Crippen LogP contribution is -2.38. The van der Waals surface area contributed by atoms with Gasteiger partial charge in [0.25, 0.3) is 5.56 Å². The Labute approximate surface area is 264 Å². The number of aliphatic hydroxyl groups is 1. The molecule has 5 rings (SSSR count). The molecule has 0 bridgehead atoms. The maximum Gasteiger partial charge on any atom is 0.393 e. The SMILES string of the molecule is COc1nc(N(C)[C@H]2C[C@@H](NCc3ccc(-c4nn(C(F)F)c(=O)cc4OC)cc3)C[C@H]2O)c2cc(CC(F)(F)F)sc2n1.Cl. The molecule has 4 aromatic rings. The third kappa shape index (κ3) is 7.62. The highest BCUT2D eigenvalue weighted by molar-refractivity contribution is 7.18. The number of nitrogens with one attached hydrogen (secondary N) is 1. The first-order valence-corrected chi connectivity index (χ1v) is 14.3. The molecule has 10 nitrogen and oxygen atoms in total. The molecule has 0 radical (unpaired) electrons. The van der Waals surface area contributed by atoms with Gasteiger partial charge >= 0.3 is 18.7 Å². The number of aromatic nitrogens is 4. The molecule has 17 heteroatoms. The van der Waals surface area contributed by atoms with Crippen molar-refractivity contribution in [1.29, 1.82) is 0 Å². The maximum absolute atomic E-state index is 13.2. The molecule has 0 aliphatic heterocycles. The molecule has 1 aromatic carbocycles. The van der Waals surface area contributed by atoms with E-state index in [4.69, 9.17) is 9.47 Å². The molecule has 0 amide bonds. The van der Waals surface area contributed by atoms with Crippen LogP contribution < -0.4 is 25.2 Å². The topological polar surface area (TPSA) is 115 Å². The third-order valence-corrected chi connectivity index (χ3v) is 8.47. The Morgan fingerprint density at radius 3 is 2.47 bits per heavy atom. The minimum atomic E-state index is -4.37. The van der Waals surface area contributed by atoms with Crippen molar-refractivity contribution in [3.8, 4) is 23.0 Å². The van der Waals surface area contributed by atoms with Crippen molar-refractivity contribution >= 4 is 39.8 Å². The van der Waals surface area contributed by atoms with Crippen LogP contribution in [0.5, 0.6) is 11.8 Å². The van der Waals surface area contributed by atoms with E-state index < -0.39 is 30.8 Å². The zero-order chi connectivity index (χ0) is 31.8. The number of rotatable bonds is 10. The minimum absolute atomic E-state index is 0. The second kappa shape index (κ2) is 13.8. The Morgan fingerprint density at radius 1 is 1.13 bits per heavy atom. The van der Waals surface area contributed by atoms with Gasteiger partial charge in [-0.1, -0.05) is 24.3 Å². The highest BCUT2D eigenvalue weighted by Crippen LogP contribution is 2.37. The van der Waals surface area contributed by atoms with Crippen molar-refractivity contribution in [2.24, 2.45) is 0 Å². The van der Waals surface area contributed by atoms with Gasteiger partial charge in [0.15, 0.2) is 5.75 Å². The number of fused-ring (bicyclic) bond motifs is 1. The number of hydrogen-bond donors (Lipinski definition) is 2. The molecule has 3 atom stereocenters. The molecular formula is C28H30ClF5N6O4S. The van der Waals surface area contributed by atoms with Crippen molar-refractivity contribution < 1.29 is 36.5 Å². The van der Waals surface area contributed by atoms with E-state index in [2.05, 4.69) is 20.4 Å². The number of benzene rings is 1. The molecule has 45 heavy (non-hydrogen) atoms. The number of alkyl halides is 5. The van der Waals surface area contributed by atoms with Crippen LogP contribution in [-0.2, 0) is 13.0 Å². The average Bonchev–Trinajstić information content (AvgIpc) is 3.55. The van der Waals surface area contributed by atoms with Crippen LogP contribution >= 0.6 is 23.7 Å². The van der Waals surface area contributed by atoms with Crippen LogP contribution in [0.4, 0.5) is 27.8 Å². The predicted octanol–water partition coefficient (Wildman–Crippen LogP) is 4.97. The van der Waals surface area contributed by atoms with E-state index in [1.165, 1.54) is 20.3 Å². The second-order valence-electron chi connectivity index (χ2n) is 10.4. The van der Waals surface area contributed by atoms with Crippen LogP contribution in [0.3, 0.4) is 0 Å². The Kier molecular flexibility index (Phi) is 10.5. The van der Waals surface area contributed by atoms with Crippen molar-refractivity contribution in [2.45, 2.75) is 56.7 Å². The molecule has 1 aliphatic carbocycles. The van der Waals surface area contributed by atoms with Gasteiger partial charge in [-0.3, -0.25) is 4.79 Å². The van der Waals surface area contributed by atoms with Crippen LogP contribution in [0.1, 0.15) is 29.8 Å². The number of nitrogens with zero attached hydrogens (tertiary/aromatic N) is 5. The number of halogens is 6. The molecule has 1 saturated carbocycles. The molecule has 244 valence electrons. The quantitative estimate of drug-likeness (QED) is 0.225. The largest absolute Gasteiger partial charge is 0.494 e. The summed E-state index contributed by atoms with van der Waals surface area (Å²) in [5, 5.41) is 18.6. The van der Waals surface area contributed by atoms with E-state index in [0.29, 0.717) is 41.0 Å². The van der Waals surface area contributed by atoms with Gasteiger partial charge in [0.1, 0.15) is 16.3 Å². The monoisotopic (exact) mass is 676 g/mol. The fourth-order valence-electron chi connectivity index (χ4n) is 5.31. The lowest BCUT2D eigenvalue weighted by atomic mass is 10.1. The molecule has 0 spiro atoms. The lowest BCUT2D eigenvalue weighted by Gasteiger charge is -2.28. The molecule has 3 heterocycles. The number of aliphatic hydroxyl groups excluding tert-OH is 1. The minimum Gasteiger partial charge on any atom is -0.494 e. The van der Waals surface area contributed by atoms with Gasteiger partial charge in [0.05, 0.1) is 38.2 Å². The summed E-state index contributed by atoms with van der Waals surface area (Å²) in [5.74, 6) is 0.449. The second-order valence-corrected chi connectivity index (χ2v) is 11.5. The Balaban J connectivity index is 0.00000461. The van der Waals surface area contributed by atoms with Gasteiger partial charge in [-0.05, 0) is 24.5 Å². The number of hydrogen-bond acceptors (Lipinski definition) is 10. The predicted molar refractivity (Wildman–Crippen MR) is 161 cm³/mol. The van der Waals surface area contributed by atoms with Gasteiger partial charge in [-0.2, -0.15) is 41.7 Å². The number of anilines is 1. The summed E-state index contributed by atoms with van der Waals surface area (Å²) in [6.07, 6.45) is -5.23. The first-order chi connectivity index (χ1) is 20.9. The molecule has 1 aliphatic rings. The molecular weight excluding hydrogens is 647 g/mol. The maximum atomic E-state index is 13.2. The average molecular weight is 677 g/mol. The van der Waals surface area contributed by atoms with Crippen molar-refractivity contribution in [1.82, 2.24) is 25.1 Å². The highest BCUT2D eigenvalue weighted by atomic mass is 35.5. The molecule has 0 saturated heterocycles. The van der Waals surface area contributed by atoms with Crippen LogP contribution in [0.25, 0.3) is 21.5 Å². The Hall–Kier alpha value is -3.60. The van der Waals surface area contributed by atoms with E-state index in [-0.39, 0.29) is 51.5 Å². The molecule has 0 unspecified atom stereocenters. The third-order valence-electron chi connectivity index (χ3n) is 7.44. The first kappa shape index (κ1) is 34.3. The van der Waals surface area contributed by atoms with Crippen molar-refractivity contribution in [2.75, 3.05) is 26.2 Å². The van der Waals surface area contributed by atoms with Crippen LogP contribution in [-0.4, -0.2) is 70.5 Å². The smallest absolute Gasteiger partial charge is 0.393 e. The molecule has 1 fully saturated rings. The normalized spacial score (nSPS) is 18.3.